The Hall–Kier alpha value is -3.88. The molecule has 5 rings (SSSR count). The second-order valence-corrected chi connectivity index (χ2v) is 10.7. The van der Waals surface area contributed by atoms with Gasteiger partial charge in [-0.05, 0) is 77.9 Å². The molecule has 0 unspecified atom stereocenters. The van der Waals surface area contributed by atoms with Crippen LogP contribution in [0.25, 0.3) is 11.3 Å². The van der Waals surface area contributed by atoms with Crippen LogP contribution in [-0.4, -0.2) is 17.1 Å². The van der Waals surface area contributed by atoms with Crippen LogP contribution in [0.4, 0.5) is 10.8 Å². The predicted octanol–water partition coefficient (Wildman–Crippen LogP) is 8.86. The van der Waals surface area contributed by atoms with E-state index in [4.69, 9.17) is 39.5 Å². The molecule has 0 saturated carbocycles. The number of halogens is 3. The first-order valence-electron chi connectivity index (χ1n) is 12.0. The van der Waals surface area contributed by atoms with Gasteiger partial charge in [-0.1, -0.05) is 59.1 Å². The number of thiazole rings is 1. The van der Waals surface area contributed by atoms with Gasteiger partial charge in [-0.2, -0.15) is 5.10 Å². The van der Waals surface area contributed by atoms with Gasteiger partial charge >= 0.3 is 0 Å². The number of anilines is 2. The molecule has 0 radical (unpaired) electrons. The maximum absolute atomic E-state index is 12.6. The van der Waals surface area contributed by atoms with Gasteiger partial charge in [-0.15, -0.1) is 11.3 Å². The third kappa shape index (κ3) is 7.40. The number of hydrogen-bond donors (Lipinski definition) is 2. The standard InChI is InChI=1S/C30H21Cl3N4O2S/c31-23-8-1-19(2-9-23)17-39-28-14-3-20(15-26(28)33)16-34-37-29(38)22-6-4-21(5-7-22)27-18-40-30(36-27)35-25-12-10-24(32)11-13-25/h1-16,18H,17H2,(H,35,36)(H,37,38)/b34-16-. The first kappa shape index (κ1) is 27.7. The lowest BCUT2D eigenvalue weighted by molar-refractivity contribution is 0.0955. The molecule has 0 saturated heterocycles. The van der Waals surface area contributed by atoms with Crippen LogP contribution in [0, 0.1) is 0 Å². The van der Waals surface area contributed by atoms with Gasteiger partial charge in [0.15, 0.2) is 5.13 Å². The average molecular weight is 608 g/mol. The Morgan fingerprint density at radius 3 is 2.30 bits per heavy atom. The van der Waals surface area contributed by atoms with E-state index in [2.05, 4.69) is 20.8 Å². The number of benzene rings is 4. The summed E-state index contributed by atoms with van der Waals surface area (Å²) in [6.45, 7) is 0.364. The van der Waals surface area contributed by atoms with Crippen LogP contribution in [0.5, 0.6) is 5.75 Å². The molecule has 200 valence electrons. The van der Waals surface area contributed by atoms with Crippen molar-refractivity contribution < 1.29 is 9.53 Å². The van der Waals surface area contributed by atoms with Crippen LogP contribution in [0.3, 0.4) is 0 Å². The number of hydrazone groups is 1. The number of rotatable bonds is 9. The van der Waals surface area contributed by atoms with Crippen LogP contribution in [0.15, 0.2) is 101 Å². The highest BCUT2D eigenvalue weighted by Gasteiger charge is 2.09. The first-order valence-corrected chi connectivity index (χ1v) is 14.0. The minimum atomic E-state index is -0.333. The zero-order chi connectivity index (χ0) is 27.9. The summed E-state index contributed by atoms with van der Waals surface area (Å²) in [5, 5.41) is 11.8. The minimum absolute atomic E-state index is 0.333. The second-order valence-electron chi connectivity index (χ2n) is 8.55. The SMILES string of the molecule is O=C(N/N=C\c1ccc(OCc2ccc(Cl)cc2)c(Cl)c1)c1ccc(-c2csc(Nc3ccc(Cl)cc3)n2)cc1. The molecule has 10 heteroatoms. The highest BCUT2D eigenvalue weighted by Crippen LogP contribution is 2.28. The molecule has 2 N–H and O–H groups in total. The summed E-state index contributed by atoms with van der Waals surface area (Å²) >= 11 is 19.7. The van der Waals surface area contributed by atoms with E-state index in [-0.39, 0.29) is 5.91 Å². The summed E-state index contributed by atoms with van der Waals surface area (Å²) in [7, 11) is 0. The quantitative estimate of drug-likeness (QED) is 0.130. The second kappa shape index (κ2) is 13.0. The Bertz CT molecular complexity index is 1640. The van der Waals surface area contributed by atoms with Crippen molar-refractivity contribution in [3.63, 3.8) is 0 Å². The molecular weight excluding hydrogens is 587 g/mol. The summed E-state index contributed by atoms with van der Waals surface area (Å²) < 4.78 is 5.79. The first-order chi connectivity index (χ1) is 19.4. The van der Waals surface area contributed by atoms with E-state index in [1.807, 2.05) is 66.0 Å². The fourth-order valence-corrected chi connectivity index (χ4v) is 4.83. The van der Waals surface area contributed by atoms with E-state index in [1.165, 1.54) is 17.6 Å². The molecule has 0 atom stereocenters. The number of carbonyl (C=O) groups is 1. The van der Waals surface area contributed by atoms with Gasteiger partial charge in [0.05, 0.1) is 16.9 Å². The van der Waals surface area contributed by atoms with E-state index in [0.29, 0.717) is 38.6 Å². The number of hydrogen-bond acceptors (Lipinski definition) is 6. The molecule has 1 aromatic heterocycles. The zero-order valence-corrected chi connectivity index (χ0v) is 23.9. The fourth-order valence-electron chi connectivity index (χ4n) is 3.60. The molecule has 0 aliphatic heterocycles. The van der Waals surface area contributed by atoms with Crippen molar-refractivity contribution in [1.29, 1.82) is 0 Å². The van der Waals surface area contributed by atoms with E-state index < -0.39 is 0 Å². The van der Waals surface area contributed by atoms with Crippen molar-refractivity contribution in [3.05, 3.63) is 128 Å². The van der Waals surface area contributed by atoms with Crippen molar-refractivity contribution in [2.75, 3.05) is 5.32 Å². The van der Waals surface area contributed by atoms with Gasteiger partial charge in [0.1, 0.15) is 12.4 Å². The van der Waals surface area contributed by atoms with E-state index in [0.717, 1.165) is 27.6 Å². The Labute approximate surface area is 250 Å². The van der Waals surface area contributed by atoms with Gasteiger partial charge in [0.2, 0.25) is 0 Å². The molecule has 0 aliphatic carbocycles. The minimum Gasteiger partial charge on any atom is -0.487 e. The molecule has 1 heterocycles. The Balaban J connectivity index is 1.14. The Kier molecular flexibility index (Phi) is 8.98. The molecule has 0 fully saturated rings. The lowest BCUT2D eigenvalue weighted by Crippen LogP contribution is -2.17. The number of aromatic nitrogens is 1. The number of ether oxygens (including phenoxy) is 1. The third-order valence-corrected chi connectivity index (χ3v) is 7.24. The molecule has 40 heavy (non-hydrogen) atoms. The van der Waals surface area contributed by atoms with E-state index >= 15 is 0 Å². The van der Waals surface area contributed by atoms with Gasteiger partial charge in [-0.3, -0.25) is 4.79 Å². The van der Waals surface area contributed by atoms with Crippen LogP contribution < -0.4 is 15.5 Å². The Morgan fingerprint density at radius 2 is 1.60 bits per heavy atom. The number of carbonyl (C=O) groups excluding carboxylic acids is 1. The fraction of sp³-hybridized carbons (Fsp3) is 0.0333. The molecule has 6 nitrogen and oxygen atoms in total. The van der Waals surface area contributed by atoms with Crippen molar-refractivity contribution in [2.45, 2.75) is 6.61 Å². The van der Waals surface area contributed by atoms with Crippen LogP contribution in [0.2, 0.25) is 15.1 Å². The summed E-state index contributed by atoms with van der Waals surface area (Å²) in [4.78, 5) is 17.2. The van der Waals surface area contributed by atoms with Gasteiger partial charge in [-0.25, -0.2) is 10.4 Å². The third-order valence-electron chi connectivity index (χ3n) is 5.69. The molecule has 4 aromatic carbocycles. The average Bonchev–Trinajstić information content (AvgIpc) is 3.43. The molecule has 0 aliphatic rings. The Morgan fingerprint density at radius 1 is 0.900 bits per heavy atom. The molecule has 5 aromatic rings. The molecule has 0 bridgehead atoms. The molecular formula is C30H21Cl3N4O2S. The largest absolute Gasteiger partial charge is 0.487 e. The predicted molar refractivity (Wildman–Crippen MR) is 165 cm³/mol. The van der Waals surface area contributed by atoms with Crippen molar-refractivity contribution in [3.8, 4) is 17.0 Å². The normalized spacial score (nSPS) is 11.0. The summed E-state index contributed by atoms with van der Waals surface area (Å²) in [6.07, 6.45) is 1.52. The molecule has 0 spiro atoms. The number of nitrogens with one attached hydrogen (secondary N) is 2. The van der Waals surface area contributed by atoms with E-state index in [1.54, 1.807) is 30.3 Å². The van der Waals surface area contributed by atoms with Crippen LogP contribution in [0.1, 0.15) is 21.5 Å². The summed E-state index contributed by atoms with van der Waals surface area (Å²) in [5.74, 6) is 0.214. The number of nitrogens with zero attached hydrogens (tertiary/aromatic N) is 2. The number of amides is 1. The summed E-state index contributed by atoms with van der Waals surface area (Å²) in [6, 6.07) is 27.3. The molecule has 1 amide bonds. The monoisotopic (exact) mass is 606 g/mol. The maximum atomic E-state index is 12.6. The van der Waals surface area contributed by atoms with Crippen molar-refractivity contribution >= 4 is 69.1 Å². The van der Waals surface area contributed by atoms with Gasteiger partial charge in [0, 0.05) is 32.2 Å². The smallest absolute Gasteiger partial charge is 0.271 e. The van der Waals surface area contributed by atoms with Crippen molar-refractivity contribution in [1.82, 2.24) is 10.4 Å². The van der Waals surface area contributed by atoms with E-state index in [9.17, 15) is 4.79 Å². The highest BCUT2D eigenvalue weighted by atomic mass is 35.5. The van der Waals surface area contributed by atoms with Gasteiger partial charge in [0.25, 0.3) is 5.91 Å². The van der Waals surface area contributed by atoms with Crippen LogP contribution in [-0.2, 0) is 6.61 Å². The lowest BCUT2D eigenvalue weighted by atomic mass is 10.1. The van der Waals surface area contributed by atoms with Gasteiger partial charge < -0.3 is 10.1 Å². The highest BCUT2D eigenvalue weighted by molar-refractivity contribution is 7.14. The van der Waals surface area contributed by atoms with Crippen LogP contribution >= 0.6 is 46.1 Å². The summed E-state index contributed by atoms with van der Waals surface area (Å²) in [5.41, 5.74) is 7.31. The zero-order valence-electron chi connectivity index (χ0n) is 20.8. The topological polar surface area (TPSA) is 75.6 Å². The lowest BCUT2D eigenvalue weighted by Gasteiger charge is -2.09. The maximum Gasteiger partial charge on any atom is 0.271 e. The van der Waals surface area contributed by atoms with Crippen molar-refractivity contribution in [2.24, 2.45) is 5.10 Å².